The van der Waals surface area contributed by atoms with E-state index in [1.807, 2.05) is 0 Å². The number of pyridine rings is 1. The number of hydrogen-bond donors (Lipinski definition) is 2. The Hall–Kier alpha value is -0.980. The number of nitrogens with two attached hydrogens (primary N) is 1. The van der Waals surface area contributed by atoms with E-state index in [-0.39, 0.29) is 24.3 Å². The van der Waals surface area contributed by atoms with Crippen molar-refractivity contribution in [3.8, 4) is 0 Å². The third kappa shape index (κ3) is 1.95. The molecule has 0 amide bonds. The van der Waals surface area contributed by atoms with Crippen LogP contribution in [0.3, 0.4) is 0 Å². The monoisotopic (exact) mass is 295 g/mol. The molecule has 3 N–H and O–H groups in total. The SMILES string of the molecule is Nc1cc(Br)cnc1NC1(C(F)(F)F)CC1. The van der Waals surface area contributed by atoms with E-state index in [0.717, 1.165) is 0 Å². The lowest BCUT2D eigenvalue weighted by Gasteiger charge is -2.22. The molecule has 1 saturated carbocycles. The molecule has 7 heteroatoms. The standard InChI is InChI=1S/C9H9BrF3N3/c10-5-3-6(14)7(15-4-5)16-8(1-2-8)9(11,12)13/h3-4H,1-2,14H2,(H,15,16). The Bertz CT molecular complexity index is 415. The van der Waals surface area contributed by atoms with E-state index in [1.165, 1.54) is 12.3 Å². The first kappa shape index (κ1) is 11.5. The van der Waals surface area contributed by atoms with Gasteiger partial charge in [-0.2, -0.15) is 13.2 Å². The van der Waals surface area contributed by atoms with Crippen LogP contribution in [0.2, 0.25) is 0 Å². The number of nitrogens with one attached hydrogen (secondary N) is 1. The van der Waals surface area contributed by atoms with Gasteiger partial charge in [0.1, 0.15) is 11.4 Å². The van der Waals surface area contributed by atoms with Gasteiger partial charge in [-0.25, -0.2) is 4.98 Å². The molecule has 0 saturated heterocycles. The van der Waals surface area contributed by atoms with Gasteiger partial charge >= 0.3 is 6.18 Å². The minimum atomic E-state index is -4.27. The summed E-state index contributed by atoms with van der Waals surface area (Å²) in [6.45, 7) is 0. The quantitative estimate of drug-likeness (QED) is 0.882. The first-order valence-corrected chi connectivity index (χ1v) is 5.39. The van der Waals surface area contributed by atoms with Crippen LogP contribution in [0.15, 0.2) is 16.7 Å². The summed E-state index contributed by atoms with van der Waals surface area (Å²) in [6.07, 6.45) is -2.74. The number of nitrogen functional groups attached to an aromatic ring is 1. The lowest BCUT2D eigenvalue weighted by molar-refractivity contribution is -0.151. The smallest absolute Gasteiger partial charge is 0.396 e. The predicted octanol–water partition coefficient (Wildman–Crippen LogP) is 2.93. The highest BCUT2D eigenvalue weighted by molar-refractivity contribution is 9.10. The van der Waals surface area contributed by atoms with Crippen molar-refractivity contribution < 1.29 is 13.2 Å². The molecule has 1 heterocycles. The fourth-order valence-electron chi connectivity index (χ4n) is 1.39. The number of nitrogens with zero attached hydrogens (tertiary/aromatic N) is 1. The van der Waals surface area contributed by atoms with Crippen molar-refractivity contribution in [2.45, 2.75) is 24.6 Å². The van der Waals surface area contributed by atoms with Gasteiger partial charge in [0.2, 0.25) is 0 Å². The number of hydrogen-bond acceptors (Lipinski definition) is 3. The Kier molecular flexibility index (Phi) is 2.52. The van der Waals surface area contributed by atoms with Gasteiger partial charge in [0.25, 0.3) is 0 Å². The second kappa shape index (κ2) is 3.51. The third-order valence-electron chi connectivity index (χ3n) is 2.53. The summed E-state index contributed by atoms with van der Waals surface area (Å²) >= 11 is 3.14. The highest BCUT2D eigenvalue weighted by atomic mass is 79.9. The normalized spacial score (nSPS) is 18.2. The lowest BCUT2D eigenvalue weighted by Crippen LogP contribution is -2.39. The van der Waals surface area contributed by atoms with E-state index in [2.05, 4.69) is 26.2 Å². The van der Waals surface area contributed by atoms with Crippen molar-refractivity contribution >= 4 is 27.4 Å². The maximum atomic E-state index is 12.7. The zero-order valence-electron chi connectivity index (χ0n) is 8.11. The molecule has 1 aromatic heterocycles. The van der Waals surface area contributed by atoms with Crippen LogP contribution in [0.25, 0.3) is 0 Å². The van der Waals surface area contributed by atoms with Gasteiger partial charge in [-0.15, -0.1) is 0 Å². The van der Waals surface area contributed by atoms with E-state index < -0.39 is 11.7 Å². The fraction of sp³-hybridized carbons (Fsp3) is 0.444. The number of halogens is 4. The van der Waals surface area contributed by atoms with Crippen LogP contribution >= 0.6 is 15.9 Å². The summed E-state index contributed by atoms with van der Waals surface area (Å²) in [5.74, 6) is 0.0815. The molecule has 0 aromatic carbocycles. The zero-order valence-corrected chi connectivity index (χ0v) is 9.69. The molecule has 0 aliphatic heterocycles. The Morgan fingerprint density at radius 1 is 1.44 bits per heavy atom. The summed E-state index contributed by atoms with van der Waals surface area (Å²) < 4.78 is 38.6. The Balaban J connectivity index is 2.22. The van der Waals surface area contributed by atoms with Gasteiger partial charge in [0.05, 0.1) is 5.69 Å². The molecule has 0 atom stereocenters. The Labute approximate surface area is 98.4 Å². The first-order chi connectivity index (χ1) is 7.34. The Morgan fingerprint density at radius 3 is 2.50 bits per heavy atom. The summed E-state index contributed by atoms with van der Waals surface area (Å²) in [5.41, 5.74) is 3.94. The van der Waals surface area contributed by atoms with Crippen molar-refractivity contribution in [3.05, 3.63) is 16.7 Å². The van der Waals surface area contributed by atoms with Crippen LogP contribution in [0.4, 0.5) is 24.7 Å². The lowest BCUT2D eigenvalue weighted by atomic mass is 10.2. The van der Waals surface area contributed by atoms with Crippen molar-refractivity contribution in [2.24, 2.45) is 0 Å². The molecule has 2 rings (SSSR count). The third-order valence-corrected chi connectivity index (χ3v) is 2.97. The van der Waals surface area contributed by atoms with Crippen LogP contribution in [-0.4, -0.2) is 16.7 Å². The van der Waals surface area contributed by atoms with Crippen molar-refractivity contribution in [3.63, 3.8) is 0 Å². The topological polar surface area (TPSA) is 50.9 Å². The van der Waals surface area contributed by atoms with Crippen molar-refractivity contribution in [2.75, 3.05) is 11.1 Å². The average molecular weight is 296 g/mol. The molecule has 1 aromatic rings. The molecular formula is C9H9BrF3N3. The largest absolute Gasteiger partial charge is 0.411 e. The maximum absolute atomic E-state index is 12.7. The summed E-state index contributed by atoms with van der Waals surface area (Å²) in [6, 6.07) is 1.52. The van der Waals surface area contributed by atoms with Crippen LogP contribution < -0.4 is 11.1 Å². The minimum absolute atomic E-state index is 0.0632. The molecule has 0 unspecified atom stereocenters. The highest BCUT2D eigenvalue weighted by Crippen LogP contribution is 2.51. The Morgan fingerprint density at radius 2 is 2.06 bits per heavy atom. The molecule has 0 spiro atoms. The van der Waals surface area contributed by atoms with Gasteiger partial charge in [0.15, 0.2) is 0 Å². The van der Waals surface area contributed by atoms with Gasteiger partial charge in [0, 0.05) is 10.7 Å². The van der Waals surface area contributed by atoms with Crippen molar-refractivity contribution in [1.29, 1.82) is 0 Å². The average Bonchev–Trinajstić information content (AvgIpc) is 2.90. The van der Waals surface area contributed by atoms with E-state index >= 15 is 0 Å². The molecule has 1 aliphatic rings. The fourth-order valence-corrected chi connectivity index (χ4v) is 1.74. The van der Waals surface area contributed by atoms with Crippen LogP contribution in [0.5, 0.6) is 0 Å². The number of anilines is 2. The predicted molar refractivity (Wildman–Crippen MR) is 58.0 cm³/mol. The van der Waals surface area contributed by atoms with E-state index in [4.69, 9.17) is 5.73 Å². The highest BCUT2D eigenvalue weighted by Gasteiger charge is 2.63. The summed E-state index contributed by atoms with van der Waals surface area (Å²) in [7, 11) is 0. The van der Waals surface area contributed by atoms with Gasteiger partial charge < -0.3 is 11.1 Å². The molecule has 0 radical (unpaired) electrons. The van der Waals surface area contributed by atoms with Gasteiger partial charge in [-0.3, -0.25) is 0 Å². The summed E-state index contributed by atoms with van der Waals surface area (Å²) in [5, 5.41) is 2.38. The zero-order chi connectivity index (χ0) is 12.0. The van der Waals surface area contributed by atoms with E-state index in [9.17, 15) is 13.2 Å². The maximum Gasteiger partial charge on any atom is 0.411 e. The molecule has 3 nitrogen and oxygen atoms in total. The molecule has 16 heavy (non-hydrogen) atoms. The van der Waals surface area contributed by atoms with Crippen LogP contribution in [0, 0.1) is 0 Å². The second-order valence-electron chi connectivity index (χ2n) is 3.80. The molecular weight excluding hydrogens is 287 g/mol. The summed E-state index contributed by atoms with van der Waals surface area (Å²) in [4.78, 5) is 3.83. The molecule has 1 aliphatic carbocycles. The molecule has 0 bridgehead atoms. The van der Waals surface area contributed by atoms with Crippen LogP contribution in [-0.2, 0) is 0 Å². The minimum Gasteiger partial charge on any atom is -0.396 e. The number of rotatable bonds is 2. The van der Waals surface area contributed by atoms with Gasteiger partial charge in [-0.05, 0) is 34.8 Å². The van der Waals surface area contributed by atoms with Gasteiger partial charge in [-0.1, -0.05) is 0 Å². The van der Waals surface area contributed by atoms with E-state index in [1.54, 1.807) is 0 Å². The number of alkyl halides is 3. The second-order valence-corrected chi connectivity index (χ2v) is 4.71. The molecule has 88 valence electrons. The number of aromatic nitrogens is 1. The molecule has 1 fully saturated rings. The van der Waals surface area contributed by atoms with Crippen LogP contribution in [0.1, 0.15) is 12.8 Å². The van der Waals surface area contributed by atoms with E-state index in [0.29, 0.717) is 4.47 Å². The van der Waals surface area contributed by atoms with Crippen molar-refractivity contribution in [1.82, 2.24) is 4.98 Å². The first-order valence-electron chi connectivity index (χ1n) is 4.60.